The molecule has 0 aliphatic heterocycles. The number of benzene rings is 2. The minimum Gasteiger partial charge on any atom is -0.312 e. The third-order valence-electron chi connectivity index (χ3n) is 2.83. The summed E-state index contributed by atoms with van der Waals surface area (Å²) >= 11 is 5.18. The Kier molecular flexibility index (Phi) is 5.43. The summed E-state index contributed by atoms with van der Waals surface area (Å²) in [6.45, 7) is 0. The predicted octanol–water partition coefficient (Wildman–Crippen LogP) is 4.64. The van der Waals surface area contributed by atoms with E-state index in [2.05, 4.69) is 33.4 Å². The van der Waals surface area contributed by atoms with Crippen LogP contribution in [0.4, 0.5) is 4.39 Å². The minimum atomic E-state index is -0.189. The van der Waals surface area contributed by atoms with E-state index in [1.807, 2.05) is 25.2 Å². The normalized spacial score (nSPS) is 12.4. The molecule has 2 aromatic rings. The van der Waals surface area contributed by atoms with Crippen LogP contribution in [0.5, 0.6) is 0 Å². The number of hydrogen-bond donors (Lipinski definition) is 1. The molecule has 2 rings (SSSR count). The largest absolute Gasteiger partial charge is 0.312 e. The van der Waals surface area contributed by atoms with E-state index in [0.717, 1.165) is 15.8 Å². The van der Waals surface area contributed by atoms with Crippen molar-refractivity contribution in [1.29, 1.82) is 0 Å². The van der Waals surface area contributed by atoms with Crippen LogP contribution in [0.2, 0.25) is 0 Å². The summed E-state index contributed by atoms with van der Waals surface area (Å²) in [7, 11) is 1.90. The lowest BCUT2D eigenvalue weighted by molar-refractivity contribution is 0.611. The molecule has 100 valence electrons. The van der Waals surface area contributed by atoms with Gasteiger partial charge in [0, 0.05) is 21.2 Å². The molecule has 0 spiro atoms. The van der Waals surface area contributed by atoms with E-state index in [4.69, 9.17) is 0 Å². The monoisotopic (exact) mass is 339 g/mol. The van der Waals surface area contributed by atoms with Gasteiger partial charge in [-0.15, -0.1) is 11.8 Å². The Balaban J connectivity index is 2.01. The summed E-state index contributed by atoms with van der Waals surface area (Å²) < 4.78 is 14.3. The van der Waals surface area contributed by atoms with E-state index in [1.165, 1.54) is 11.0 Å². The second-order valence-corrected chi connectivity index (χ2v) is 6.17. The highest BCUT2D eigenvalue weighted by atomic mass is 79.9. The van der Waals surface area contributed by atoms with Crippen LogP contribution in [-0.4, -0.2) is 12.8 Å². The summed E-state index contributed by atoms with van der Waals surface area (Å²) in [5.41, 5.74) is 0.979. The zero-order valence-electron chi connectivity index (χ0n) is 10.6. The number of thioether (sulfide) groups is 1. The number of rotatable bonds is 5. The van der Waals surface area contributed by atoms with Gasteiger partial charge < -0.3 is 5.32 Å². The fraction of sp³-hybridized carbons (Fsp3) is 0.200. The summed E-state index contributed by atoms with van der Waals surface area (Å²) in [6.07, 6.45) is 0. The standard InChI is InChI=1S/C15H15BrFNS/c1-18-15(11-3-2-4-13(17)9-11)10-19-14-7-5-12(16)6-8-14/h2-9,15,18H,10H2,1H3. The van der Waals surface area contributed by atoms with Crippen LogP contribution in [0.15, 0.2) is 57.9 Å². The van der Waals surface area contributed by atoms with Crippen LogP contribution in [0.1, 0.15) is 11.6 Å². The zero-order chi connectivity index (χ0) is 13.7. The molecule has 1 N–H and O–H groups in total. The van der Waals surface area contributed by atoms with E-state index in [1.54, 1.807) is 23.9 Å². The van der Waals surface area contributed by atoms with E-state index in [-0.39, 0.29) is 11.9 Å². The molecule has 19 heavy (non-hydrogen) atoms. The van der Waals surface area contributed by atoms with Crippen molar-refractivity contribution in [2.45, 2.75) is 10.9 Å². The Morgan fingerprint density at radius 1 is 1.21 bits per heavy atom. The van der Waals surface area contributed by atoms with Crippen LogP contribution in [0.25, 0.3) is 0 Å². The fourth-order valence-electron chi connectivity index (χ4n) is 1.78. The van der Waals surface area contributed by atoms with Gasteiger partial charge in [0.1, 0.15) is 5.82 Å². The third-order valence-corrected chi connectivity index (χ3v) is 4.46. The highest BCUT2D eigenvalue weighted by molar-refractivity contribution is 9.10. The van der Waals surface area contributed by atoms with Crippen LogP contribution < -0.4 is 5.32 Å². The highest BCUT2D eigenvalue weighted by Gasteiger charge is 2.10. The average Bonchev–Trinajstić information content (AvgIpc) is 2.42. The quantitative estimate of drug-likeness (QED) is 0.796. The van der Waals surface area contributed by atoms with Gasteiger partial charge in [0.25, 0.3) is 0 Å². The van der Waals surface area contributed by atoms with E-state index >= 15 is 0 Å². The first-order chi connectivity index (χ1) is 9.19. The van der Waals surface area contributed by atoms with Gasteiger partial charge in [-0.05, 0) is 49.0 Å². The molecule has 0 aliphatic carbocycles. The van der Waals surface area contributed by atoms with Crippen LogP contribution in [0.3, 0.4) is 0 Å². The molecule has 0 aliphatic rings. The van der Waals surface area contributed by atoms with Crippen molar-refractivity contribution < 1.29 is 4.39 Å². The Morgan fingerprint density at radius 2 is 1.95 bits per heavy atom. The number of halogens is 2. The van der Waals surface area contributed by atoms with Crippen LogP contribution in [-0.2, 0) is 0 Å². The second-order valence-electron chi connectivity index (χ2n) is 4.16. The smallest absolute Gasteiger partial charge is 0.123 e. The van der Waals surface area contributed by atoms with Crippen LogP contribution >= 0.6 is 27.7 Å². The highest BCUT2D eigenvalue weighted by Crippen LogP contribution is 2.26. The van der Waals surface area contributed by atoms with Gasteiger partial charge in [-0.3, -0.25) is 0 Å². The first kappa shape index (κ1) is 14.6. The van der Waals surface area contributed by atoms with Crippen molar-refractivity contribution >= 4 is 27.7 Å². The third kappa shape index (κ3) is 4.34. The molecule has 4 heteroatoms. The van der Waals surface area contributed by atoms with E-state index in [9.17, 15) is 4.39 Å². The molecule has 1 nitrogen and oxygen atoms in total. The first-order valence-electron chi connectivity index (χ1n) is 6.00. The molecule has 0 bridgehead atoms. The topological polar surface area (TPSA) is 12.0 Å². The zero-order valence-corrected chi connectivity index (χ0v) is 13.0. The molecule has 1 atom stereocenters. The van der Waals surface area contributed by atoms with Crippen molar-refractivity contribution in [3.63, 3.8) is 0 Å². The summed E-state index contributed by atoms with van der Waals surface area (Å²) in [4.78, 5) is 1.21. The number of nitrogens with one attached hydrogen (secondary N) is 1. The Bertz CT molecular complexity index is 530. The lowest BCUT2D eigenvalue weighted by Crippen LogP contribution is -2.18. The SMILES string of the molecule is CNC(CSc1ccc(Br)cc1)c1cccc(F)c1. The van der Waals surface area contributed by atoms with Gasteiger partial charge in [0.05, 0.1) is 0 Å². The summed E-state index contributed by atoms with van der Waals surface area (Å²) in [5, 5.41) is 3.23. The van der Waals surface area contributed by atoms with Crippen LogP contribution in [0, 0.1) is 5.82 Å². The molecular weight excluding hydrogens is 325 g/mol. The molecule has 0 heterocycles. The lowest BCUT2D eigenvalue weighted by Gasteiger charge is -2.16. The van der Waals surface area contributed by atoms with Gasteiger partial charge in [0.15, 0.2) is 0 Å². The molecule has 0 radical (unpaired) electrons. The molecule has 0 saturated heterocycles. The Morgan fingerprint density at radius 3 is 2.58 bits per heavy atom. The first-order valence-corrected chi connectivity index (χ1v) is 7.78. The maximum atomic E-state index is 13.2. The van der Waals surface area contributed by atoms with Crippen molar-refractivity contribution in [3.8, 4) is 0 Å². The maximum absolute atomic E-state index is 13.2. The van der Waals surface area contributed by atoms with E-state index in [0.29, 0.717) is 0 Å². The summed E-state index contributed by atoms with van der Waals surface area (Å²) in [6, 6.07) is 15.1. The molecule has 2 aromatic carbocycles. The second kappa shape index (κ2) is 7.08. The molecule has 0 aromatic heterocycles. The van der Waals surface area contributed by atoms with Gasteiger partial charge in [-0.25, -0.2) is 4.39 Å². The Hall–Kier alpha value is -0.840. The minimum absolute atomic E-state index is 0.143. The fourth-order valence-corrected chi connectivity index (χ4v) is 3.09. The van der Waals surface area contributed by atoms with Crippen molar-refractivity contribution in [3.05, 3.63) is 64.4 Å². The van der Waals surface area contributed by atoms with Crippen molar-refractivity contribution in [1.82, 2.24) is 5.32 Å². The van der Waals surface area contributed by atoms with Gasteiger partial charge in [0.2, 0.25) is 0 Å². The average molecular weight is 340 g/mol. The van der Waals surface area contributed by atoms with E-state index < -0.39 is 0 Å². The molecule has 0 saturated carbocycles. The lowest BCUT2D eigenvalue weighted by atomic mass is 10.1. The predicted molar refractivity (Wildman–Crippen MR) is 83.1 cm³/mol. The Labute approximate surface area is 125 Å². The molecule has 1 unspecified atom stereocenters. The van der Waals surface area contributed by atoms with Crippen molar-refractivity contribution in [2.24, 2.45) is 0 Å². The number of hydrogen-bond acceptors (Lipinski definition) is 2. The van der Waals surface area contributed by atoms with Gasteiger partial charge in [-0.2, -0.15) is 0 Å². The molecule has 0 fully saturated rings. The molecule has 0 amide bonds. The molecular formula is C15H15BrFNS. The maximum Gasteiger partial charge on any atom is 0.123 e. The van der Waals surface area contributed by atoms with Gasteiger partial charge >= 0.3 is 0 Å². The summed E-state index contributed by atoms with van der Waals surface area (Å²) in [5.74, 6) is 0.674. The van der Waals surface area contributed by atoms with Crippen molar-refractivity contribution in [2.75, 3.05) is 12.8 Å². The van der Waals surface area contributed by atoms with Gasteiger partial charge in [-0.1, -0.05) is 28.1 Å².